The molecule has 7 heteroatoms. The van der Waals surface area contributed by atoms with E-state index in [-0.39, 0.29) is 6.03 Å². The SMILES string of the molecule is COC(=O)c1ccccc1NC(=O)N1CCN(c2cccc(C#N)c2)CC1. The van der Waals surface area contributed by atoms with Crippen molar-refractivity contribution in [3.8, 4) is 6.07 Å². The summed E-state index contributed by atoms with van der Waals surface area (Å²) in [7, 11) is 1.31. The van der Waals surface area contributed by atoms with Crippen molar-refractivity contribution >= 4 is 23.4 Å². The molecule has 2 aromatic carbocycles. The zero-order valence-corrected chi connectivity index (χ0v) is 15.0. The van der Waals surface area contributed by atoms with Crippen molar-refractivity contribution in [1.29, 1.82) is 5.26 Å². The van der Waals surface area contributed by atoms with E-state index in [0.29, 0.717) is 43.0 Å². The number of hydrogen-bond acceptors (Lipinski definition) is 5. The molecule has 3 rings (SSSR count). The molecule has 138 valence electrons. The number of para-hydroxylation sites is 1. The van der Waals surface area contributed by atoms with Gasteiger partial charge in [-0.1, -0.05) is 18.2 Å². The third-order valence-electron chi connectivity index (χ3n) is 4.48. The Balaban J connectivity index is 1.62. The Hall–Kier alpha value is -3.53. The number of anilines is 2. The zero-order valence-electron chi connectivity index (χ0n) is 15.0. The Kier molecular flexibility index (Phi) is 5.57. The highest BCUT2D eigenvalue weighted by Gasteiger charge is 2.23. The van der Waals surface area contributed by atoms with Gasteiger partial charge in [0.1, 0.15) is 0 Å². The number of carbonyl (C=O) groups is 2. The Morgan fingerprint density at radius 3 is 2.52 bits per heavy atom. The Labute approximate surface area is 157 Å². The highest BCUT2D eigenvalue weighted by Crippen LogP contribution is 2.20. The van der Waals surface area contributed by atoms with Gasteiger partial charge in [-0.25, -0.2) is 9.59 Å². The molecule has 2 aromatic rings. The first-order valence-electron chi connectivity index (χ1n) is 8.61. The van der Waals surface area contributed by atoms with Crippen LogP contribution >= 0.6 is 0 Å². The molecule has 2 amide bonds. The lowest BCUT2D eigenvalue weighted by Crippen LogP contribution is -2.50. The van der Waals surface area contributed by atoms with E-state index < -0.39 is 5.97 Å². The molecule has 1 aliphatic rings. The summed E-state index contributed by atoms with van der Waals surface area (Å²) in [5.74, 6) is -0.493. The maximum Gasteiger partial charge on any atom is 0.339 e. The lowest BCUT2D eigenvalue weighted by molar-refractivity contribution is 0.0602. The summed E-state index contributed by atoms with van der Waals surface area (Å²) in [4.78, 5) is 28.3. The van der Waals surface area contributed by atoms with Gasteiger partial charge in [0.05, 0.1) is 30.0 Å². The van der Waals surface area contributed by atoms with Gasteiger partial charge in [0.15, 0.2) is 0 Å². The molecule has 0 unspecified atom stereocenters. The Morgan fingerprint density at radius 1 is 1.07 bits per heavy atom. The van der Waals surface area contributed by atoms with E-state index in [9.17, 15) is 9.59 Å². The highest BCUT2D eigenvalue weighted by molar-refractivity contribution is 6.00. The summed E-state index contributed by atoms with van der Waals surface area (Å²) in [6.07, 6.45) is 0. The number of nitrogens with zero attached hydrogens (tertiary/aromatic N) is 3. The van der Waals surface area contributed by atoms with Gasteiger partial charge in [-0.15, -0.1) is 0 Å². The second-order valence-electron chi connectivity index (χ2n) is 6.10. The van der Waals surface area contributed by atoms with Gasteiger partial charge in [-0.05, 0) is 30.3 Å². The Bertz CT molecular complexity index is 883. The number of hydrogen-bond donors (Lipinski definition) is 1. The van der Waals surface area contributed by atoms with E-state index in [1.54, 1.807) is 35.2 Å². The van der Waals surface area contributed by atoms with Crippen LogP contribution in [-0.4, -0.2) is 50.2 Å². The summed E-state index contributed by atoms with van der Waals surface area (Å²) in [5, 5.41) is 11.8. The number of carbonyl (C=O) groups excluding carboxylic acids is 2. The van der Waals surface area contributed by atoms with Crippen molar-refractivity contribution in [2.24, 2.45) is 0 Å². The number of urea groups is 1. The summed E-state index contributed by atoms with van der Waals surface area (Å²) in [5.41, 5.74) is 2.34. The molecular weight excluding hydrogens is 344 g/mol. The van der Waals surface area contributed by atoms with Gasteiger partial charge in [0.25, 0.3) is 0 Å². The topological polar surface area (TPSA) is 85.7 Å². The minimum absolute atomic E-state index is 0.253. The highest BCUT2D eigenvalue weighted by atomic mass is 16.5. The van der Waals surface area contributed by atoms with Crippen molar-refractivity contribution < 1.29 is 14.3 Å². The Morgan fingerprint density at radius 2 is 1.81 bits per heavy atom. The number of rotatable bonds is 3. The first kappa shape index (κ1) is 18.3. The lowest BCUT2D eigenvalue weighted by atomic mass is 10.1. The summed E-state index contributed by atoms with van der Waals surface area (Å²) in [6.45, 7) is 2.42. The van der Waals surface area contributed by atoms with Crippen LogP contribution in [-0.2, 0) is 4.74 Å². The van der Waals surface area contributed by atoms with Crippen LogP contribution in [0.2, 0.25) is 0 Å². The quantitative estimate of drug-likeness (QED) is 0.847. The van der Waals surface area contributed by atoms with Crippen LogP contribution in [0.25, 0.3) is 0 Å². The number of ether oxygens (including phenoxy) is 1. The molecule has 0 bridgehead atoms. The van der Waals surface area contributed by atoms with Gasteiger partial charge in [-0.3, -0.25) is 0 Å². The molecule has 1 N–H and O–H groups in total. The van der Waals surface area contributed by atoms with Gasteiger partial charge in [0, 0.05) is 31.9 Å². The van der Waals surface area contributed by atoms with Gasteiger partial charge < -0.3 is 19.9 Å². The number of amides is 2. The number of nitrogens with one attached hydrogen (secondary N) is 1. The smallest absolute Gasteiger partial charge is 0.339 e. The van der Waals surface area contributed by atoms with Crippen LogP contribution in [0.1, 0.15) is 15.9 Å². The molecule has 1 aliphatic heterocycles. The van der Waals surface area contributed by atoms with Crippen LogP contribution in [0, 0.1) is 11.3 Å². The minimum Gasteiger partial charge on any atom is -0.465 e. The third kappa shape index (κ3) is 4.18. The van der Waals surface area contributed by atoms with E-state index in [0.717, 1.165) is 5.69 Å². The van der Waals surface area contributed by atoms with Gasteiger partial charge in [0.2, 0.25) is 0 Å². The molecule has 7 nitrogen and oxygen atoms in total. The number of benzene rings is 2. The maximum absolute atomic E-state index is 12.6. The summed E-state index contributed by atoms with van der Waals surface area (Å²) >= 11 is 0. The molecule has 0 aromatic heterocycles. The fraction of sp³-hybridized carbons (Fsp3) is 0.250. The van der Waals surface area contributed by atoms with E-state index in [2.05, 4.69) is 16.3 Å². The first-order chi connectivity index (χ1) is 13.1. The van der Waals surface area contributed by atoms with Crippen molar-refractivity contribution in [3.63, 3.8) is 0 Å². The standard InChI is InChI=1S/C20H20N4O3/c1-27-19(25)17-7-2-3-8-18(17)22-20(26)24-11-9-23(10-12-24)16-6-4-5-15(13-16)14-21/h2-8,13H,9-12H2,1H3,(H,22,26). The molecule has 1 fully saturated rings. The molecule has 27 heavy (non-hydrogen) atoms. The fourth-order valence-electron chi connectivity index (χ4n) is 3.01. The molecule has 0 spiro atoms. The number of piperazine rings is 1. The average molecular weight is 364 g/mol. The van der Waals surface area contributed by atoms with Crippen LogP contribution in [0.15, 0.2) is 48.5 Å². The molecule has 0 aliphatic carbocycles. The maximum atomic E-state index is 12.6. The zero-order chi connectivity index (χ0) is 19.2. The predicted molar refractivity (Wildman–Crippen MR) is 102 cm³/mol. The second-order valence-corrected chi connectivity index (χ2v) is 6.10. The van der Waals surface area contributed by atoms with Crippen LogP contribution in [0.3, 0.4) is 0 Å². The van der Waals surface area contributed by atoms with E-state index in [1.807, 2.05) is 18.2 Å². The largest absolute Gasteiger partial charge is 0.465 e. The van der Waals surface area contributed by atoms with Crippen molar-refractivity contribution in [3.05, 3.63) is 59.7 Å². The lowest BCUT2D eigenvalue weighted by Gasteiger charge is -2.36. The molecule has 0 saturated carbocycles. The van der Waals surface area contributed by atoms with Gasteiger partial charge >= 0.3 is 12.0 Å². The van der Waals surface area contributed by atoms with Gasteiger partial charge in [-0.2, -0.15) is 5.26 Å². The van der Waals surface area contributed by atoms with Crippen LogP contribution in [0.4, 0.5) is 16.2 Å². The van der Waals surface area contributed by atoms with E-state index in [4.69, 9.17) is 10.00 Å². The number of esters is 1. The summed E-state index contributed by atoms with van der Waals surface area (Å²) in [6, 6.07) is 16.1. The molecule has 1 saturated heterocycles. The summed E-state index contributed by atoms with van der Waals surface area (Å²) < 4.78 is 4.75. The van der Waals surface area contributed by atoms with Crippen molar-refractivity contribution in [2.45, 2.75) is 0 Å². The molecule has 1 heterocycles. The van der Waals surface area contributed by atoms with Crippen molar-refractivity contribution in [2.75, 3.05) is 43.5 Å². The van der Waals surface area contributed by atoms with Crippen LogP contribution in [0.5, 0.6) is 0 Å². The minimum atomic E-state index is -0.493. The van der Waals surface area contributed by atoms with E-state index >= 15 is 0 Å². The third-order valence-corrected chi connectivity index (χ3v) is 4.48. The second kappa shape index (κ2) is 8.23. The monoisotopic (exact) mass is 364 g/mol. The fourth-order valence-corrected chi connectivity index (χ4v) is 3.01. The number of methoxy groups -OCH3 is 1. The molecule has 0 radical (unpaired) electrons. The van der Waals surface area contributed by atoms with Crippen molar-refractivity contribution in [1.82, 2.24) is 4.90 Å². The number of nitriles is 1. The average Bonchev–Trinajstić information content (AvgIpc) is 2.73. The van der Waals surface area contributed by atoms with E-state index in [1.165, 1.54) is 7.11 Å². The predicted octanol–water partition coefficient (Wildman–Crippen LogP) is 2.70. The first-order valence-corrected chi connectivity index (χ1v) is 8.61. The molecule has 0 atom stereocenters. The molecular formula is C20H20N4O3. The van der Waals surface area contributed by atoms with Crippen LogP contribution < -0.4 is 10.2 Å². The normalized spacial score (nSPS) is 13.6.